The molecule has 1 amide bonds. The van der Waals surface area contributed by atoms with Crippen LogP contribution in [-0.2, 0) is 4.74 Å². The van der Waals surface area contributed by atoms with Crippen LogP contribution in [0.1, 0.15) is 61.5 Å². The zero-order chi connectivity index (χ0) is 20.2. The molecule has 1 unspecified atom stereocenters. The van der Waals surface area contributed by atoms with Crippen LogP contribution in [0.4, 0.5) is 4.39 Å². The highest BCUT2D eigenvalue weighted by Gasteiger charge is 2.42. The summed E-state index contributed by atoms with van der Waals surface area (Å²) >= 11 is 0. The summed E-state index contributed by atoms with van der Waals surface area (Å²) in [5.41, 5.74) is 5.48. The lowest BCUT2D eigenvalue weighted by Crippen LogP contribution is -2.64. The van der Waals surface area contributed by atoms with Crippen molar-refractivity contribution in [1.29, 1.82) is 5.41 Å². The molecule has 1 aromatic carbocycles. The van der Waals surface area contributed by atoms with Gasteiger partial charge in [0.1, 0.15) is 12.0 Å². The van der Waals surface area contributed by atoms with E-state index in [1.807, 2.05) is 13.8 Å². The highest BCUT2D eigenvalue weighted by molar-refractivity contribution is 5.93. The number of hydrogen-bond acceptors (Lipinski definition) is 4. The van der Waals surface area contributed by atoms with Gasteiger partial charge < -0.3 is 25.8 Å². The summed E-state index contributed by atoms with van der Waals surface area (Å²) in [6.07, 6.45) is 1.46. The largest absolute Gasteiger partial charge is 0.385 e. The van der Waals surface area contributed by atoms with Crippen LogP contribution in [-0.4, -0.2) is 47.4 Å². The van der Waals surface area contributed by atoms with E-state index < -0.39 is 24.0 Å². The van der Waals surface area contributed by atoms with E-state index in [0.717, 1.165) is 18.9 Å². The number of halogens is 1. The van der Waals surface area contributed by atoms with Crippen molar-refractivity contribution in [3.63, 3.8) is 0 Å². The van der Waals surface area contributed by atoms with Crippen LogP contribution in [0.5, 0.6) is 0 Å². The minimum absolute atomic E-state index is 0.0508. The first kappa shape index (κ1) is 21.1. The minimum Gasteiger partial charge on any atom is -0.385 e. The topological polar surface area (TPSA) is 112 Å². The molecule has 1 aromatic rings. The Morgan fingerprint density at radius 1 is 1.48 bits per heavy atom. The van der Waals surface area contributed by atoms with Gasteiger partial charge in [0.2, 0.25) is 5.91 Å². The summed E-state index contributed by atoms with van der Waals surface area (Å²) in [6, 6.07) is 3.34. The number of rotatable bonds is 8. The van der Waals surface area contributed by atoms with Gasteiger partial charge in [-0.1, -0.05) is 13.8 Å². The molecule has 0 saturated carbocycles. The lowest BCUT2D eigenvalue weighted by molar-refractivity contribution is -0.0304. The zero-order valence-electron chi connectivity index (χ0n) is 16.1. The second kappa shape index (κ2) is 8.67. The van der Waals surface area contributed by atoms with Gasteiger partial charge in [0.25, 0.3) is 0 Å². The van der Waals surface area contributed by atoms with Crippen LogP contribution in [0, 0.1) is 11.2 Å². The number of aliphatic hydroxyl groups is 1. The molecule has 0 radical (unpaired) electrons. The normalized spacial score (nSPS) is 20.3. The molecule has 1 heterocycles. The molecule has 0 aliphatic carbocycles. The fraction of sp³-hybridized carbons (Fsp3) is 0.579. The van der Waals surface area contributed by atoms with Crippen LogP contribution in [0.15, 0.2) is 18.2 Å². The predicted octanol–water partition coefficient (Wildman–Crippen LogP) is 2.11. The van der Waals surface area contributed by atoms with E-state index in [2.05, 4.69) is 5.32 Å². The van der Waals surface area contributed by atoms with E-state index >= 15 is 0 Å². The number of primary amides is 1. The molecule has 0 aromatic heterocycles. The van der Waals surface area contributed by atoms with E-state index in [4.69, 9.17) is 15.9 Å². The standard InChI is InChI=1S/C19H29FN4O3/c1-4-19(5-2)11-16(25)24(18(22)23-19)15(6-7-27-3)12-8-13(17(21)26)10-14(20)9-12/h8-10,15-16,25H,4-7,11H2,1-3H3,(H2,21,26)(H2,22,23)/t15-,16?/m1/s1. The third kappa shape index (κ3) is 4.56. The highest BCUT2D eigenvalue weighted by atomic mass is 19.1. The number of ether oxygens (including phenoxy) is 1. The Morgan fingerprint density at radius 2 is 2.15 bits per heavy atom. The average molecular weight is 380 g/mol. The van der Waals surface area contributed by atoms with Gasteiger partial charge in [-0.3, -0.25) is 10.2 Å². The maximum atomic E-state index is 14.1. The summed E-state index contributed by atoms with van der Waals surface area (Å²) in [4.78, 5) is 13.0. The molecule has 150 valence electrons. The lowest BCUT2D eigenvalue weighted by Gasteiger charge is -2.49. The SMILES string of the molecule is CCC1(CC)CC(O)N([C@H](CCOC)c2cc(F)cc(C(N)=O)c2)C(=N)N1. The molecule has 5 N–H and O–H groups in total. The molecule has 1 aliphatic rings. The fourth-order valence-corrected chi connectivity index (χ4v) is 3.69. The van der Waals surface area contributed by atoms with Gasteiger partial charge in [-0.05, 0) is 43.0 Å². The lowest BCUT2D eigenvalue weighted by atomic mass is 9.85. The van der Waals surface area contributed by atoms with Crippen molar-refractivity contribution < 1.29 is 19.0 Å². The number of nitrogens with two attached hydrogens (primary N) is 1. The maximum Gasteiger partial charge on any atom is 0.248 e. The van der Waals surface area contributed by atoms with Crippen LogP contribution in [0.25, 0.3) is 0 Å². The third-order valence-corrected chi connectivity index (χ3v) is 5.41. The first-order valence-electron chi connectivity index (χ1n) is 9.19. The Bertz CT molecular complexity index is 694. The summed E-state index contributed by atoms with van der Waals surface area (Å²) in [6.45, 7) is 4.37. The molecule has 0 spiro atoms. The molecule has 7 nitrogen and oxygen atoms in total. The first-order chi connectivity index (χ1) is 12.8. The number of benzene rings is 1. The van der Waals surface area contributed by atoms with Crippen molar-refractivity contribution in [2.24, 2.45) is 5.73 Å². The van der Waals surface area contributed by atoms with Crippen LogP contribution in [0.3, 0.4) is 0 Å². The summed E-state index contributed by atoms with van der Waals surface area (Å²) < 4.78 is 19.2. The zero-order valence-corrected chi connectivity index (χ0v) is 16.1. The molecule has 1 fully saturated rings. The number of nitrogens with one attached hydrogen (secondary N) is 2. The number of guanidine groups is 1. The van der Waals surface area contributed by atoms with Crippen LogP contribution >= 0.6 is 0 Å². The third-order valence-electron chi connectivity index (χ3n) is 5.41. The van der Waals surface area contributed by atoms with Crippen molar-refractivity contribution in [1.82, 2.24) is 10.2 Å². The number of aliphatic hydroxyl groups excluding tert-OH is 1. The van der Waals surface area contributed by atoms with Gasteiger partial charge in [-0.25, -0.2) is 4.39 Å². The van der Waals surface area contributed by atoms with Crippen LogP contribution < -0.4 is 11.1 Å². The fourth-order valence-electron chi connectivity index (χ4n) is 3.69. The first-order valence-corrected chi connectivity index (χ1v) is 9.19. The quantitative estimate of drug-likeness (QED) is 0.552. The monoisotopic (exact) mass is 380 g/mol. The van der Waals surface area contributed by atoms with Crippen molar-refractivity contribution in [2.75, 3.05) is 13.7 Å². The van der Waals surface area contributed by atoms with Crippen molar-refractivity contribution in [2.45, 2.75) is 57.3 Å². The molecule has 0 bridgehead atoms. The van der Waals surface area contributed by atoms with Gasteiger partial charge >= 0.3 is 0 Å². The number of amides is 1. The van der Waals surface area contributed by atoms with E-state index in [1.54, 1.807) is 7.11 Å². The highest BCUT2D eigenvalue weighted by Crippen LogP contribution is 2.35. The van der Waals surface area contributed by atoms with E-state index in [9.17, 15) is 14.3 Å². The molecule has 27 heavy (non-hydrogen) atoms. The second-order valence-corrected chi connectivity index (χ2v) is 6.99. The summed E-state index contributed by atoms with van der Waals surface area (Å²) in [7, 11) is 1.55. The van der Waals surface area contributed by atoms with Crippen molar-refractivity contribution in [3.05, 3.63) is 35.1 Å². The Morgan fingerprint density at radius 3 is 2.67 bits per heavy atom. The molecule has 2 atom stereocenters. The van der Waals surface area contributed by atoms with E-state index in [0.29, 0.717) is 25.0 Å². The molecular formula is C19H29FN4O3. The van der Waals surface area contributed by atoms with Crippen LogP contribution in [0.2, 0.25) is 0 Å². The van der Waals surface area contributed by atoms with E-state index in [-0.39, 0.29) is 17.1 Å². The van der Waals surface area contributed by atoms with E-state index in [1.165, 1.54) is 17.0 Å². The average Bonchev–Trinajstić information content (AvgIpc) is 2.63. The molecule has 2 rings (SSSR count). The number of hydrogen-bond donors (Lipinski definition) is 4. The Kier molecular flexibility index (Phi) is 6.78. The van der Waals surface area contributed by atoms with Gasteiger partial charge in [0, 0.05) is 31.2 Å². The van der Waals surface area contributed by atoms with Gasteiger partial charge in [-0.2, -0.15) is 0 Å². The second-order valence-electron chi connectivity index (χ2n) is 6.99. The molecule has 1 aliphatic heterocycles. The molecule has 8 heteroatoms. The van der Waals surface area contributed by atoms with Gasteiger partial charge in [0.05, 0.1) is 6.04 Å². The predicted molar refractivity (Wildman–Crippen MR) is 101 cm³/mol. The van der Waals surface area contributed by atoms with Gasteiger partial charge in [-0.15, -0.1) is 0 Å². The smallest absolute Gasteiger partial charge is 0.248 e. The molecular weight excluding hydrogens is 351 g/mol. The number of nitrogens with zero attached hydrogens (tertiary/aromatic N) is 1. The van der Waals surface area contributed by atoms with Crippen molar-refractivity contribution in [3.8, 4) is 0 Å². The van der Waals surface area contributed by atoms with Gasteiger partial charge in [0.15, 0.2) is 5.96 Å². The minimum atomic E-state index is -0.916. The molecule has 1 saturated heterocycles. The number of carbonyl (C=O) groups is 1. The Hall–Kier alpha value is -2.19. The Balaban J connectivity index is 2.42. The number of carbonyl (C=O) groups excluding carboxylic acids is 1. The maximum absolute atomic E-state index is 14.1. The van der Waals surface area contributed by atoms with Crippen molar-refractivity contribution >= 4 is 11.9 Å². The Labute approximate surface area is 159 Å². The number of methoxy groups -OCH3 is 1. The summed E-state index contributed by atoms with van der Waals surface area (Å²) in [5, 5.41) is 22.5. The summed E-state index contributed by atoms with van der Waals surface area (Å²) in [5.74, 6) is -1.25.